The van der Waals surface area contributed by atoms with Crippen molar-refractivity contribution in [1.29, 1.82) is 0 Å². The molecule has 0 aromatic carbocycles. The molecule has 2 atom stereocenters. The number of hydrogen-bond acceptors (Lipinski definition) is 4. The van der Waals surface area contributed by atoms with Crippen molar-refractivity contribution < 1.29 is 9.47 Å². The van der Waals surface area contributed by atoms with Crippen LogP contribution in [0.25, 0.3) is 0 Å². The van der Waals surface area contributed by atoms with Gasteiger partial charge in [-0.15, -0.1) is 0 Å². The Morgan fingerprint density at radius 1 is 1.07 bits per heavy atom. The molecule has 1 aromatic heterocycles. The molecule has 2 unspecified atom stereocenters. The van der Waals surface area contributed by atoms with Crippen LogP contribution in [0.4, 0.5) is 0 Å². The van der Waals surface area contributed by atoms with Crippen LogP contribution in [0, 0.1) is 0 Å². The van der Waals surface area contributed by atoms with Crippen LogP contribution in [0.2, 0.25) is 0 Å². The third-order valence-electron chi connectivity index (χ3n) is 2.25. The molecule has 15 heavy (non-hydrogen) atoms. The summed E-state index contributed by atoms with van der Waals surface area (Å²) in [6.07, 6.45) is 0. The van der Waals surface area contributed by atoms with Gasteiger partial charge in [-0.2, -0.15) is 0 Å². The first-order chi connectivity index (χ1) is 7.42. The summed E-state index contributed by atoms with van der Waals surface area (Å²) in [6.45, 7) is 1.71. The summed E-state index contributed by atoms with van der Waals surface area (Å²) in [5, 5.41) is 1.47. The molecule has 1 aromatic rings. The first-order valence-corrected chi connectivity index (χ1v) is 9.04. The molecular weight excluding hydrogens is 295 g/mol. The van der Waals surface area contributed by atoms with Gasteiger partial charge in [0.05, 0.1) is 0 Å². The van der Waals surface area contributed by atoms with Gasteiger partial charge >= 0.3 is 104 Å². The molecule has 0 bridgehead atoms. The van der Waals surface area contributed by atoms with Crippen LogP contribution in [-0.4, -0.2) is 49.7 Å². The summed E-state index contributed by atoms with van der Waals surface area (Å²) in [4.78, 5) is 4.35. The molecule has 82 valence electrons. The summed E-state index contributed by atoms with van der Waals surface area (Å²) >= 11 is 4.38. The van der Waals surface area contributed by atoms with Crippen LogP contribution in [0.5, 0.6) is 11.5 Å². The van der Waals surface area contributed by atoms with Gasteiger partial charge in [-0.3, -0.25) is 0 Å². The Morgan fingerprint density at radius 2 is 1.53 bits per heavy atom. The number of ether oxygens (including phenoxy) is 2. The Kier molecular flexibility index (Phi) is 3.25. The topological polar surface area (TPSA) is 18.5 Å². The Bertz CT molecular complexity index is 303. The Morgan fingerprint density at radius 3 is 1.93 bits per heavy atom. The summed E-state index contributed by atoms with van der Waals surface area (Å²) < 4.78 is 11.5. The molecule has 2 nitrogen and oxygen atoms in total. The second-order valence-electron chi connectivity index (χ2n) is 3.63. The van der Waals surface area contributed by atoms with Gasteiger partial charge < -0.3 is 0 Å². The van der Waals surface area contributed by atoms with E-state index < -0.39 is 0 Å². The van der Waals surface area contributed by atoms with Gasteiger partial charge in [0.25, 0.3) is 0 Å². The molecule has 2 aliphatic rings. The first-order valence-electron chi connectivity index (χ1n) is 4.97. The molecule has 2 aliphatic heterocycles. The summed E-state index contributed by atoms with van der Waals surface area (Å²) in [7, 11) is 0. The number of hydrogen-bond donors (Lipinski definition) is 0. The van der Waals surface area contributed by atoms with Gasteiger partial charge in [-0.05, 0) is 0 Å². The second kappa shape index (κ2) is 4.66. The predicted octanol–water partition coefficient (Wildman–Crippen LogP) is 1.73. The standard InChI is InChI=1S/C10H12O2S2Se/c1(7-3-13-7)11-9-5-15-6-10(9)12-2-8-4-14-8/h5-8H,1-4H2. The van der Waals surface area contributed by atoms with E-state index in [0.29, 0.717) is 14.5 Å². The van der Waals surface area contributed by atoms with E-state index in [1.165, 1.54) is 11.5 Å². The van der Waals surface area contributed by atoms with Crippen LogP contribution in [0.3, 0.4) is 0 Å². The fraction of sp³-hybridized carbons (Fsp3) is 0.600. The average Bonchev–Trinajstić information content (AvgIpc) is 3.14. The number of rotatable bonds is 6. The SMILES string of the molecule is c1[se]cc(OCC2CS2)c1OCC1CS1. The molecule has 0 N–H and O–H groups in total. The van der Waals surface area contributed by atoms with Crippen LogP contribution < -0.4 is 9.47 Å². The second-order valence-corrected chi connectivity index (χ2v) is 7.86. The van der Waals surface area contributed by atoms with E-state index in [2.05, 4.69) is 9.88 Å². The van der Waals surface area contributed by atoms with Crippen LogP contribution >= 0.6 is 23.5 Å². The zero-order valence-corrected chi connectivity index (χ0v) is 11.5. The molecule has 2 fully saturated rings. The van der Waals surface area contributed by atoms with Crippen LogP contribution in [-0.2, 0) is 0 Å². The molecule has 5 heteroatoms. The zero-order chi connectivity index (χ0) is 10.1. The van der Waals surface area contributed by atoms with Crippen molar-refractivity contribution in [3.63, 3.8) is 0 Å². The van der Waals surface area contributed by atoms with E-state index in [-0.39, 0.29) is 0 Å². The van der Waals surface area contributed by atoms with Crippen molar-refractivity contribution in [1.82, 2.24) is 0 Å². The monoisotopic (exact) mass is 308 g/mol. The summed E-state index contributed by atoms with van der Waals surface area (Å²) in [5.41, 5.74) is 0. The van der Waals surface area contributed by atoms with Crippen LogP contribution in [0.15, 0.2) is 9.88 Å². The average molecular weight is 307 g/mol. The fourth-order valence-corrected chi connectivity index (χ4v) is 3.41. The van der Waals surface area contributed by atoms with Gasteiger partial charge in [0.2, 0.25) is 0 Å². The minimum atomic E-state index is 0.443. The van der Waals surface area contributed by atoms with E-state index in [1.54, 1.807) is 0 Å². The molecule has 0 spiro atoms. The quantitative estimate of drug-likeness (QED) is 0.588. The zero-order valence-electron chi connectivity index (χ0n) is 8.18. The molecule has 3 heterocycles. The molecule has 2 saturated heterocycles. The van der Waals surface area contributed by atoms with Crippen molar-refractivity contribution in [3.05, 3.63) is 9.88 Å². The van der Waals surface area contributed by atoms with E-state index in [0.717, 1.165) is 35.2 Å². The van der Waals surface area contributed by atoms with E-state index >= 15 is 0 Å². The normalized spacial score (nSPS) is 27.5. The Balaban J connectivity index is 1.52. The molecule has 3 rings (SSSR count). The maximum atomic E-state index is 5.75. The van der Waals surface area contributed by atoms with Crippen molar-refractivity contribution >= 4 is 38.0 Å². The van der Waals surface area contributed by atoms with Crippen molar-refractivity contribution in [2.45, 2.75) is 10.5 Å². The minimum absolute atomic E-state index is 0.443. The molecule has 0 aliphatic carbocycles. The van der Waals surface area contributed by atoms with E-state index in [1.807, 2.05) is 23.5 Å². The van der Waals surface area contributed by atoms with Gasteiger partial charge in [0.1, 0.15) is 0 Å². The third kappa shape index (κ3) is 3.13. The molecule has 0 saturated carbocycles. The third-order valence-corrected chi connectivity index (χ3v) is 5.60. The predicted molar refractivity (Wildman–Crippen MR) is 66.9 cm³/mol. The Hall–Kier alpha value is 0.299. The molecule has 0 radical (unpaired) electrons. The van der Waals surface area contributed by atoms with Crippen molar-refractivity contribution in [2.24, 2.45) is 0 Å². The number of thioether (sulfide) groups is 2. The van der Waals surface area contributed by atoms with Gasteiger partial charge in [0, 0.05) is 0 Å². The fourth-order valence-electron chi connectivity index (χ4n) is 1.18. The molecular formula is C10H12O2S2Se. The van der Waals surface area contributed by atoms with Gasteiger partial charge in [-0.1, -0.05) is 0 Å². The first kappa shape index (κ1) is 10.5. The van der Waals surface area contributed by atoms with E-state index in [9.17, 15) is 0 Å². The van der Waals surface area contributed by atoms with Gasteiger partial charge in [-0.25, -0.2) is 0 Å². The van der Waals surface area contributed by atoms with Crippen LogP contribution in [0.1, 0.15) is 0 Å². The van der Waals surface area contributed by atoms with Crippen molar-refractivity contribution in [2.75, 3.05) is 24.7 Å². The van der Waals surface area contributed by atoms with Crippen molar-refractivity contribution in [3.8, 4) is 11.5 Å². The Labute approximate surface area is 104 Å². The van der Waals surface area contributed by atoms with Gasteiger partial charge in [0.15, 0.2) is 0 Å². The summed E-state index contributed by atoms with van der Waals surface area (Å²) in [5.74, 6) is 4.51. The summed E-state index contributed by atoms with van der Waals surface area (Å²) in [6, 6.07) is 0. The maximum absolute atomic E-state index is 5.75. The van der Waals surface area contributed by atoms with E-state index in [4.69, 9.17) is 9.47 Å². The molecule has 0 amide bonds.